The number of primary amides is 1. The lowest BCUT2D eigenvalue weighted by Crippen LogP contribution is -2.59. The highest BCUT2D eigenvalue weighted by atomic mass is 32.2. The summed E-state index contributed by atoms with van der Waals surface area (Å²) in [7, 11) is 0. The van der Waals surface area contributed by atoms with Crippen LogP contribution in [0, 0.1) is 24.7 Å². The normalized spacial score (nSPS) is 17.5. The number of aliphatic hydroxyl groups is 3. The van der Waals surface area contributed by atoms with Crippen LogP contribution < -0.4 is 64.1 Å². The number of benzene rings is 2. The van der Waals surface area contributed by atoms with Gasteiger partial charge in [0.25, 0.3) is 11.8 Å². The van der Waals surface area contributed by atoms with Crippen LogP contribution in [0.1, 0.15) is 85.3 Å². The quantitative estimate of drug-likeness (QED) is 0.0193. The van der Waals surface area contributed by atoms with Gasteiger partial charge in [-0.1, -0.05) is 53.2 Å². The molecule has 2 unspecified atom stereocenters. The van der Waals surface area contributed by atoms with E-state index in [9.17, 15) is 81.9 Å². The Labute approximate surface area is 555 Å². The van der Waals surface area contributed by atoms with Gasteiger partial charge in [-0.3, -0.25) is 72.0 Å². The highest BCUT2D eigenvalue weighted by Crippen LogP contribution is 2.30. The molecule has 1 fully saturated rings. The average Bonchev–Trinajstić information content (AvgIpc) is 1.65. The highest BCUT2D eigenvalue weighted by molar-refractivity contribution is 7.91. The molecule has 1 saturated heterocycles. The number of carbonyl (C=O) groups excluding carboxylic acids is 14. The van der Waals surface area contributed by atoms with E-state index in [2.05, 4.69) is 52.8 Å². The number of ketones is 1. The third kappa shape index (κ3) is 22.1. The molecule has 17 N–H and O–H groups in total. The number of rotatable bonds is 36. The molecule has 524 valence electrons. The first kappa shape index (κ1) is 77.4. The summed E-state index contributed by atoms with van der Waals surface area (Å²) in [6.45, 7) is 9.23. The number of amides is 13. The Balaban J connectivity index is 1.24. The van der Waals surface area contributed by atoms with Crippen LogP contribution in [-0.2, 0) is 84.9 Å². The number of aromatic nitrogens is 1. The molecular formula is C62H86N14O19S. The Hall–Kier alpha value is -9.35. The highest BCUT2D eigenvalue weighted by Gasteiger charge is 2.42. The van der Waals surface area contributed by atoms with Crippen molar-refractivity contribution in [1.29, 1.82) is 0 Å². The number of anilines is 1. The Kier molecular flexibility index (Phi) is 29.0. The maximum Gasteiger partial charge on any atom is 0.253 e. The number of likely N-dealkylation sites (tertiary alicyclic amines) is 1. The summed E-state index contributed by atoms with van der Waals surface area (Å²) in [5.74, 6) is -13.0. The van der Waals surface area contributed by atoms with Gasteiger partial charge in [-0.25, -0.2) is 0 Å². The summed E-state index contributed by atoms with van der Waals surface area (Å²) in [4.78, 5) is 186. The molecule has 12 atom stereocenters. The molecule has 0 saturated carbocycles. The van der Waals surface area contributed by atoms with Gasteiger partial charge in [-0.05, 0) is 62.4 Å². The molecule has 0 aliphatic carbocycles. The van der Waals surface area contributed by atoms with Gasteiger partial charge in [0, 0.05) is 77.9 Å². The molecular weight excluding hydrogens is 1280 g/mol. The SMILES string of the molecule is CC[C@H](C)[C@H](NC(=O)CNC(=O)CNC(=O)[C@@H](N)[C@@H](C)[C@@H](O)CO)C(=O)NCC(=O)NC(C[S+]([O-])c1[nH]c2cc(OCc3ccc(NC(=O)[C@H](C)NC(=O)[C@@H](NC(=O)CCN4C(=O)C=CC4=O)C(C)C)cc3)ccc2c1C)C(=O)N[C@@H](CC(N)=O)C(=O)N1C[C@H](O)C[C@H]1C(C)=O. The minimum absolute atomic E-state index is 0.0348. The van der Waals surface area contributed by atoms with Gasteiger partial charge in [0.1, 0.15) is 42.3 Å². The van der Waals surface area contributed by atoms with Crippen molar-refractivity contribution in [1.82, 2.24) is 57.3 Å². The van der Waals surface area contributed by atoms with Crippen LogP contribution >= 0.6 is 0 Å². The van der Waals surface area contributed by atoms with Crippen molar-refractivity contribution in [3.63, 3.8) is 0 Å². The van der Waals surface area contributed by atoms with Crippen LogP contribution in [0.3, 0.4) is 0 Å². The van der Waals surface area contributed by atoms with Crippen molar-refractivity contribution in [3.8, 4) is 5.75 Å². The maximum absolute atomic E-state index is 14.5. The fraction of sp³-hybridized carbons (Fsp3) is 0.516. The van der Waals surface area contributed by atoms with Crippen LogP contribution in [-0.4, -0.2) is 217 Å². The number of carbonyl (C=O) groups is 14. The first-order valence-electron chi connectivity index (χ1n) is 30.9. The first-order valence-corrected chi connectivity index (χ1v) is 32.2. The predicted octanol–water partition coefficient (Wildman–Crippen LogP) is -4.35. The molecule has 13 amide bonds. The van der Waals surface area contributed by atoms with Gasteiger partial charge in [-0.15, -0.1) is 0 Å². The third-order valence-corrected chi connectivity index (χ3v) is 17.6. The number of aryl methyl sites for hydroxylation is 1. The fourth-order valence-electron chi connectivity index (χ4n) is 10.1. The van der Waals surface area contributed by atoms with Gasteiger partial charge in [0.2, 0.25) is 70.0 Å². The van der Waals surface area contributed by atoms with Gasteiger partial charge in [0.05, 0.1) is 62.5 Å². The van der Waals surface area contributed by atoms with Gasteiger partial charge in [0.15, 0.2) is 11.8 Å². The zero-order chi connectivity index (χ0) is 71.4. The molecule has 2 aromatic carbocycles. The number of nitrogens with two attached hydrogens (primary N) is 2. The van der Waals surface area contributed by atoms with E-state index in [0.717, 1.165) is 22.0 Å². The van der Waals surface area contributed by atoms with Crippen LogP contribution in [0.5, 0.6) is 5.75 Å². The summed E-state index contributed by atoms with van der Waals surface area (Å²) in [6.07, 6.45) is -1.04. The molecule has 0 spiro atoms. The predicted molar refractivity (Wildman–Crippen MR) is 344 cm³/mol. The van der Waals surface area contributed by atoms with Crippen molar-refractivity contribution in [2.45, 2.75) is 147 Å². The number of β-amino-alcohol motifs (C(OH)–C–C–N with tert-alkyl or cyclic N) is 1. The number of hydrogen-bond donors (Lipinski definition) is 15. The minimum Gasteiger partial charge on any atom is -0.610 e. The van der Waals surface area contributed by atoms with Crippen molar-refractivity contribution >= 4 is 110 Å². The number of aromatic amines is 1. The minimum atomic E-state index is -2.19. The second-order valence-corrected chi connectivity index (χ2v) is 25.3. The Morgan fingerprint density at radius 2 is 1.38 bits per heavy atom. The van der Waals surface area contributed by atoms with E-state index in [4.69, 9.17) is 21.3 Å². The van der Waals surface area contributed by atoms with E-state index in [1.54, 1.807) is 77.1 Å². The summed E-state index contributed by atoms with van der Waals surface area (Å²) in [6, 6.07) is 2.29. The lowest BCUT2D eigenvalue weighted by molar-refractivity contribution is -0.142. The second kappa shape index (κ2) is 36.0. The summed E-state index contributed by atoms with van der Waals surface area (Å²) < 4.78 is 20.6. The number of H-pyrrole nitrogens is 1. The fourth-order valence-corrected chi connectivity index (χ4v) is 11.5. The number of imide groups is 1. The van der Waals surface area contributed by atoms with Crippen molar-refractivity contribution in [2.75, 3.05) is 50.4 Å². The van der Waals surface area contributed by atoms with Crippen LogP contribution in [0.4, 0.5) is 5.69 Å². The van der Waals surface area contributed by atoms with Gasteiger partial charge < -0.3 is 93.8 Å². The zero-order valence-corrected chi connectivity index (χ0v) is 55.3. The van der Waals surface area contributed by atoms with E-state index in [0.29, 0.717) is 39.9 Å². The molecule has 0 radical (unpaired) electrons. The Morgan fingerprint density at radius 1 is 0.760 bits per heavy atom. The molecule has 34 heteroatoms. The standard InChI is InChI=1S/C62H86N14O19S/c1-9-31(4)55(74-50(85)24-65-48(83)23-66-58(90)53(64)33(6)45(80)27-77)59(91)67-25-49(84)70-43(57(89)71-42(22-46(63)81)62(93)76-26-38(79)20-44(76)35(8)78)29-96(94)61-32(5)40-15-14-39(21-41(40)72-61)95-28-36-10-12-37(13-11-36)69-56(88)34(7)68-60(92)54(30(2)3)73-47(82)18-19-75-51(86)16-17-52(75)87/h10-17,21,30-31,33-34,38,42-45,53-55,72,77,79-80H,9,18-20,22-29,64H2,1-8H3,(H2,63,81)(H,65,83)(H,66,90)(H,67,91)(H,68,92)(H,69,88)(H,70,84)(H,71,89)(H,73,82)(H,74,85)/t31-,33-,34-,38+,42-,43?,44-,45-,53-,54-,55-,96?/m0/s1. The second-order valence-electron chi connectivity index (χ2n) is 23.8. The summed E-state index contributed by atoms with van der Waals surface area (Å²) in [5.41, 5.74) is 13.3. The van der Waals surface area contributed by atoms with Gasteiger partial charge in [-0.2, -0.15) is 0 Å². The van der Waals surface area contributed by atoms with E-state index in [1.165, 1.54) is 20.8 Å². The number of hydrogen-bond acceptors (Lipinski definition) is 20. The van der Waals surface area contributed by atoms with Crippen LogP contribution in [0.25, 0.3) is 10.9 Å². The molecule has 3 aromatic rings. The smallest absolute Gasteiger partial charge is 0.253 e. The maximum atomic E-state index is 14.5. The van der Waals surface area contributed by atoms with E-state index in [-0.39, 0.29) is 37.6 Å². The van der Waals surface area contributed by atoms with Gasteiger partial charge >= 0.3 is 0 Å². The van der Waals surface area contributed by atoms with Crippen LogP contribution in [0.2, 0.25) is 0 Å². The summed E-state index contributed by atoms with van der Waals surface area (Å²) >= 11 is -2.19. The topological polar surface area (TPSA) is 515 Å². The Bertz CT molecular complexity index is 3400. The summed E-state index contributed by atoms with van der Waals surface area (Å²) in [5, 5.41) is 52.2. The van der Waals surface area contributed by atoms with Crippen molar-refractivity contribution in [3.05, 3.63) is 65.7 Å². The number of Topliss-reactive ketones (excluding diaryl/α,β-unsaturated/α-hetero) is 1. The molecule has 2 aliphatic heterocycles. The number of ether oxygens (including phenoxy) is 1. The van der Waals surface area contributed by atoms with E-state index >= 15 is 0 Å². The Morgan fingerprint density at radius 3 is 1.99 bits per heavy atom. The third-order valence-electron chi connectivity index (χ3n) is 16.1. The lowest BCUT2D eigenvalue weighted by atomic mass is 9.96. The van der Waals surface area contributed by atoms with E-state index < -0.39 is 204 Å². The molecule has 96 heavy (non-hydrogen) atoms. The van der Waals surface area contributed by atoms with Crippen LogP contribution in [0.15, 0.2) is 59.6 Å². The number of fused-ring (bicyclic) bond motifs is 1. The monoisotopic (exact) mass is 1360 g/mol. The molecule has 3 heterocycles. The largest absolute Gasteiger partial charge is 0.610 e. The molecule has 5 rings (SSSR count). The van der Waals surface area contributed by atoms with Crippen molar-refractivity contribution < 1.29 is 91.7 Å². The molecule has 0 bridgehead atoms. The number of nitrogens with zero attached hydrogens (tertiary/aromatic N) is 2. The van der Waals surface area contributed by atoms with E-state index in [1.807, 2.05) is 0 Å². The molecule has 1 aromatic heterocycles. The number of aliphatic hydroxyl groups excluding tert-OH is 3. The number of nitrogens with one attached hydrogen (secondary N) is 10. The molecule has 33 nitrogen and oxygen atoms in total. The molecule has 2 aliphatic rings. The average molecular weight is 1360 g/mol. The van der Waals surface area contributed by atoms with Crippen molar-refractivity contribution in [2.24, 2.45) is 29.2 Å². The zero-order valence-electron chi connectivity index (χ0n) is 54.4. The first-order chi connectivity index (χ1) is 45.2. The lowest BCUT2D eigenvalue weighted by Gasteiger charge is -2.28.